The Morgan fingerprint density at radius 1 is 0.905 bits per heavy atom. The van der Waals surface area contributed by atoms with Gasteiger partial charge in [-0.15, -0.1) is 0 Å². The number of aryl methyl sites for hydroxylation is 2. The number of rotatable bonds is 11. The second kappa shape index (κ2) is 10.1. The lowest BCUT2D eigenvalue weighted by molar-refractivity contribution is 0.168. The SMILES string of the molecule is CCCCO[Si](C)(CCc1ccc(C)cc1)OCCCC. The van der Waals surface area contributed by atoms with Crippen molar-refractivity contribution >= 4 is 8.56 Å². The van der Waals surface area contributed by atoms with Gasteiger partial charge in [0.2, 0.25) is 0 Å². The smallest absolute Gasteiger partial charge is 0.335 e. The van der Waals surface area contributed by atoms with E-state index in [0.717, 1.165) is 38.5 Å². The molecule has 0 atom stereocenters. The molecular formula is C18H32O2Si. The van der Waals surface area contributed by atoms with Crippen LogP contribution < -0.4 is 0 Å². The molecule has 0 aliphatic carbocycles. The third-order valence-corrected chi connectivity index (χ3v) is 6.59. The monoisotopic (exact) mass is 308 g/mol. The van der Waals surface area contributed by atoms with Crippen LogP contribution in [0.5, 0.6) is 0 Å². The molecule has 1 rings (SSSR count). The van der Waals surface area contributed by atoms with Gasteiger partial charge in [0.15, 0.2) is 0 Å². The molecule has 3 heteroatoms. The minimum atomic E-state index is -2.02. The van der Waals surface area contributed by atoms with Crippen molar-refractivity contribution in [3.8, 4) is 0 Å². The average Bonchev–Trinajstić information content (AvgIpc) is 2.47. The topological polar surface area (TPSA) is 18.5 Å². The van der Waals surface area contributed by atoms with Gasteiger partial charge in [0.25, 0.3) is 0 Å². The van der Waals surface area contributed by atoms with E-state index in [-0.39, 0.29) is 0 Å². The van der Waals surface area contributed by atoms with Crippen molar-refractivity contribution < 1.29 is 8.85 Å². The fourth-order valence-corrected chi connectivity index (χ4v) is 4.44. The van der Waals surface area contributed by atoms with Crippen molar-refractivity contribution in [2.24, 2.45) is 0 Å². The number of hydrogen-bond donors (Lipinski definition) is 0. The molecule has 0 saturated carbocycles. The first-order chi connectivity index (χ1) is 10.1. The number of hydrogen-bond acceptors (Lipinski definition) is 2. The van der Waals surface area contributed by atoms with Gasteiger partial charge in [0.1, 0.15) is 0 Å². The maximum atomic E-state index is 6.18. The maximum Gasteiger partial charge on any atom is 0.335 e. The largest absolute Gasteiger partial charge is 0.394 e. The van der Waals surface area contributed by atoms with Crippen LogP contribution >= 0.6 is 0 Å². The molecule has 0 bridgehead atoms. The summed E-state index contributed by atoms with van der Waals surface area (Å²) in [7, 11) is -2.02. The van der Waals surface area contributed by atoms with Gasteiger partial charge in [-0.2, -0.15) is 0 Å². The molecule has 1 aromatic carbocycles. The first-order valence-electron chi connectivity index (χ1n) is 8.43. The zero-order valence-corrected chi connectivity index (χ0v) is 15.3. The minimum absolute atomic E-state index is 0.846. The molecule has 0 unspecified atom stereocenters. The molecule has 0 fully saturated rings. The van der Waals surface area contributed by atoms with E-state index in [2.05, 4.69) is 51.6 Å². The molecular weight excluding hydrogens is 276 g/mol. The lowest BCUT2D eigenvalue weighted by Crippen LogP contribution is -2.39. The molecule has 0 heterocycles. The van der Waals surface area contributed by atoms with E-state index in [9.17, 15) is 0 Å². The van der Waals surface area contributed by atoms with E-state index >= 15 is 0 Å². The van der Waals surface area contributed by atoms with Crippen LogP contribution in [0.15, 0.2) is 24.3 Å². The van der Waals surface area contributed by atoms with Gasteiger partial charge in [-0.25, -0.2) is 0 Å². The highest BCUT2D eigenvalue weighted by atomic mass is 28.4. The molecule has 2 nitrogen and oxygen atoms in total. The fraction of sp³-hybridized carbons (Fsp3) is 0.667. The first kappa shape index (κ1) is 18.4. The summed E-state index contributed by atoms with van der Waals surface area (Å²) in [5, 5.41) is 0. The molecule has 0 spiro atoms. The maximum absolute atomic E-state index is 6.18. The summed E-state index contributed by atoms with van der Waals surface area (Å²) in [4.78, 5) is 0. The number of unbranched alkanes of at least 4 members (excludes halogenated alkanes) is 2. The van der Waals surface area contributed by atoms with Gasteiger partial charge in [-0.1, -0.05) is 56.5 Å². The van der Waals surface area contributed by atoms with Gasteiger partial charge in [-0.05, 0) is 44.3 Å². The fourth-order valence-electron chi connectivity index (χ4n) is 2.18. The summed E-state index contributed by atoms with van der Waals surface area (Å²) in [5.41, 5.74) is 2.70. The predicted molar refractivity (Wildman–Crippen MR) is 93.0 cm³/mol. The molecule has 0 radical (unpaired) electrons. The van der Waals surface area contributed by atoms with Crippen molar-refractivity contribution in [2.45, 2.75) is 65.5 Å². The molecule has 0 N–H and O–H groups in total. The summed E-state index contributed by atoms with van der Waals surface area (Å²) in [6.07, 6.45) is 5.67. The van der Waals surface area contributed by atoms with Crippen molar-refractivity contribution in [1.82, 2.24) is 0 Å². The summed E-state index contributed by atoms with van der Waals surface area (Å²) < 4.78 is 12.4. The van der Waals surface area contributed by atoms with Crippen molar-refractivity contribution in [1.29, 1.82) is 0 Å². The lowest BCUT2D eigenvalue weighted by atomic mass is 10.1. The molecule has 0 aliphatic heterocycles. The Hall–Kier alpha value is -0.643. The molecule has 0 saturated heterocycles. The highest BCUT2D eigenvalue weighted by Gasteiger charge is 2.30. The second-order valence-corrected chi connectivity index (χ2v) is 9.37. The van der Waals surface area contributed by atoms with Gasteiger partial charge in [0.05, 0.1) is 0 Å². The van der Waals surface area contributed by atoms with Crippen LogP contribution in [0, 0.1) is 6.92 Å². The number of benzene rings is 1. The normalized spacial score (nSPS) is 11.8. The molecule has 1 aromatic rings. The molecule has 0 amide bonds. The Bertz CT molecular complexity index is 365. The van der Waals surface area contributed by atoms with Crippen molar-refractivity contribution in [2.75, 3.05) is 13.2 Å². The quantitative estimate of drug-likeness (QED) is 0.411. The van der Waals surface area contributed by atoms with E-state index in [1.807, 2.05) is 0 Å². The predicted octanol–water partition coefficient (Wildman–Crippen LogP) is 5.24. The van der Waals surface area contributed by atoms with E-state index < -0.39 is 8.56 Å². The highest BCUT2D eigenvalue weighted by molar-refractivity contribution is 6.66. The van der Waals surface area contributed by atoms with Gasteiger partial charge in [0, 0.05) is 13.2 Å². The average molecular weight is 309 g/mol. The molecule has 0 aliphatic rings. The van der Waals surface area contributed by atoms with Crippen LogP contribution in [0.25, 0.3) is 0 Å². The van der Waals surface area contributed by atoms with Gasteiger partial charge in [-0.3, -0.25) is 0 Å². The van der Waals surface area contributed by atoms with Crippen LogP contribution in [0.2, 0.25) is 12.6 Å². The summed E-state index contributed by atoms with van der Waals surface area (Å²) in [6, 6.07) is 9.86. The van der Waals surface area contributed by atoms with E-state index in [1.54, 1.807) is 0 Å². The molecule has 0 aromatic heterocycles. The highest BCUT2D eigenvalue weighted by Crippen LogP contribution is 2.19. The van der Waals surface area contributed by atoms with Crippen LogP contribution in [-0.2, 0) is 15.3 Å². The van der Waals surface area contributed by atoms with Crippen LogP contribution in [0.3, 0.4) is 0 Å². The Morgan fingerprint density at radius 3 is 1.90 bits per heavy atom. The Kier molecular flexibility index (Phi) is 8.89. The van der Waals surface area contributed by atoms with E-state index in [4.69, 9.17) is 8.85 Å². The first-order valence-corrected chi connectivity index (χ1v) is 11.0. The third kappa shape index (κ3) is 7.79. The van der Waals surface area contributed by atoms with Crippen molar-refractivity contribution in [3.05, 3.63) is 35.4 Å². The van der Waals surface area contributed by atoms with Crippen molar-refractivity contribution in [3.63, 3.8) is 0 Å². The molecule has 21 heavy (non-hydrogen) atoms. The lowest BCUT2D eigenvalue weighted by Gasteiger charge is -2.27. The van der Waals surface area contributed by atoms with Crippen LogP contribution in [0.1, 0.15) is 50.7 Å². The summed E-state index contributed by atoms with van der Waals surface area (Å²) in [6.45, 7) is 10.5. The third-order valence-electron chi connectivity index (χ3n) is 3.80. The summed E-state index contributed by atoms with van der Waals surface area (Å²) in [5.74, 6) is 0. The second-order valence-electron chi connectivity index (χ2n) is 6.02. The standard InChI is InChI=1S/C18H32O2Si/c1-5-7-14-19-21(4,20-15-8-6-2)16-13-18-11-9-17(3)10-12-18/h9-12H,5-8,13-16H2,1-4H3. The zero-order chi connectivity index (χ0) is 15.6. The van der Waals surface area contributed by atoms with E-state index in [1.165, 1.54) is 24.0 Å². The Morgan fingerprint density at radius 2 is 1.43 bits per heavy atom. The van der Waals surface area contributed by atoms with Gasteiger partial charge < -0.3 is 8.85 Å². The zero-order valence-electron chi connectivity index (χ0n) is 14.3. The Labute approximate surface area is 132 Å². The van der Waals surface area contributed by atoms with Crippen LogP contribution in [0.4, 0.5) is 0 Å². The minimum Gasteiger partial charge on any atom is -0.394 e. The van der Waals surface area contributed by atoms with E-state index in [0.29, 0.717) is 0 Å². The van der Waals surface area contributed by atoms with Crippen LogP contribution in [-0.4, -0.2) is 21.8 Å². The summed E-state index contributed by atoms with van der Waals surface area (Å²) >= 11 is 0. The Balaban J connectivity index is 2.51. The van der Waals surface area contributed by atoms with Gasteiger partial charge >= 0.3 is 8.56 Å². The molecule has 120 valence electrons.